The van der Waals surface area contributed by atoms with Gasteiger partial charge in [-0.1, -0.05) is 18.2 Å². The van der Waals surface area contributed by atoms with Gasteiger partial charge in [-0.2, -0.15) is 0 Å². The van der Waals surface area contributed by atoms with Crippen LogP contribution >= 0.6 is 0 Å². The quantitative estimate of drug-likeness (QED) is 0.825. The molecule has 0 unspecified atom stereocenters. The lowest BCUT2D eigenvalue weighted by Gasteiger charge is -2.29. The molecule has 96 valence electrons. The van der Waals surface area contributed by atoms with E-state index in [9.17, 15) is 0 Å². The molecule has 0 saturated carbocycles. The van der Waals surface area contributed by atoms with Crippen LogP contribution < -0.4 is 0 Å². The van der Waals surface area contributed by atoms with E-state index in [0.717, 1.165) is 32.8 Å². The summed E-state index contributed by atoms with van der Waals surface area (Å²) in [4.78, 5) is 2.49. The van der Waals surface area contributed by atoms with Gasteiger partial charge in [0.25, 0.3) is 0 Å². The first-order valence-electron chi connectivity index (χ1n) is 6.70. The van der Waals surface area contributed by atoms with E-state index in [1.165, 1.54) is 10.9 Å². The zero-order valence-electron chi connectivity index (χ0n) is 10.9. The molecule has 1 saturated heterocycles. The highest BCUT2D eigenvalue weighted by Gasteiger charge is 2.15. The molecular weight excluding hydrogens is 224 g/mol. The maximum atomic E-state index is 5.39. The number of rotatable bonds is 3. The molecule has 1 aromatic carbocycles. The number of aromatic nitrogens is 1. The number of morpholine rings is 1. The Hall–Kier alpha value is -1.32. The Labute approximate surface area is 108 Å². The monoisotopic (exact) mass is 244 g/mol. The molecule has 2 aromatic rings. The van der Waals surface area contributed by atoms with Crippen molar-refractivity contribution in [2.75, 3.05) is 32.8 Å². The van der Waals surface area contributed by atoms with Gasteiger partial charge in [-0.15, -0.1) is 0 Å². The largest absolute Gasteiger partial charge is 0.379 e. The van der Waals surface area contributed by atoms with Crippen LogP contribution in [0.3, 0.4) is 0 Å². The van der Waals surface area contributed by atoms with Crippen LogP contribution in [0.2, 0.25) is 0 Å². The molecule has 1 aliphatic rings. The predicted octanol–water partition coefficient (Wildman–Crippen LogP) is 2.53. The SMILES string of the molecule is C[C@H](CN1CCOCC1)n1ccc2ccccc21. The normalized spacial score (nSPS) is 19.2. The summed E-state index contributed by atoms with van der Waals surface area (Å²) < 4.78 is 7.77. The third-order valence-corrected chi connectivity index (χ3v) is 3.73. The van der Waals surface area contributed by atoms with Gasteiger partial charge in [0.15, 0.2) is 0 Å². The molecule has 0 radical (unpaired) electrons. The molecule has 3 heteroatoms. The Morgan fingerprint density at radius 3 is 2.78 bits per heavy atom. The standard InChI is InChI=1S/C15H20N2O/c1-13(12-16-8-10-18-11-9-16)17-7-6-14-4-2-3-5-15(14)17/h2-7,13H,8-12H2,1H3/t13-/m1/s1. The Morgan fingerprint density at radius 1 is 1.17 bits per heavy atom. The van der Waals surface area contributed by atoms with Gasteiger partial charge in [0.2, 0.25) is 0 Å². The van der Waals surface area contributed by atoms with Gasteiger partial charge in [-0.05, 0) is 24.4 Å². The van der Waals surface area contributed by atoms with E-state index in [2.05, 4.69) is 52.9 Å². The Bertz CT molecular complexity index is 514. The first-order valence-corrected chi connectivity index (χ1v) is 6.70. The van der Waals surface area contributed by atoms with E-state index in [-0.39, 0.29) is 0 Å². The summed E-state index contributed by atoms with van der Waals surface area (Å²) in [5.74, 6) is 0. The smallest absolute Gasteiger partial charge is 0.0594 e. The molecule has 1 aromatic heterocycles. The van der Waals surface area contributed by atoms with Gasteiger partial charge in [0.1, 0.15) is 0 Å². The highest BCUT2D eigenvalue weighted by molar-refractivity contribution is 5.80. The first kappa shape index (κ1) is 11.8. The highest BCUT2D eigenvalue weighted by Crippen LogP contribution is 2.20. The Morgan fingerprint density at radius 2 is 1.94 bits per heavy atom. The number of fused-ring (bicyclic) bond motifs is 1. The topological polar surface area (TPSA) is 17.4 Å². The van der Waals surface area contributed by atoms with Crippen molar-refractivity contribution >= 4 is 10.9 Å². The van der Waals surface area contributed by atoms with E-state index in [0.29, 0.717) is 6.04 Å². The van der Waals surface area contributed by atoms with Gasteiger partial charge in [0.05, 0.1) is 13.2 Å². The van der Waals surface area contributed by atoms with Crippen molar-refractivity contribution in [2.24, 2.45) is 0 Å². The molecule has 1 aliphatic heterocycles. The van der Waals surface area contributed by atoms with Crippen molar-refractivity contribution < 1.29 is 4.74 Å². The summed E-state index contributed by atoms with van der Waals surface area (Å²) in [5, 5.41) is 1.33. The average Bonchev–Trinajstić information content (AvgIpc) is 2.84. The summed E-state index contributed by atoms with van der Waals surface area (Å²) in [7, 11) is 0. The number of ether oxygens (including phenoxy) is 1. The molecule has 2 heterocycles. The molecule has 3 rings (SSSR count). The fourth-order valence-corrected chi connectivity index (χ4v) is 2.73. The van der Waals surface area contributed by atoms with E-state index < -0.39 is 0 Å². The molecular formula is C15H20N2O. The lowest BCUT2D eigenvalue weighted by molar-refractivity contribution is 0.0328. The predicted molar refractivity (Wildman–Crippen MR) is 73.9 cm³/mol. The van der Waals surface area contributed by atoms with Crippen molar-refractivity contribution in [3.63, 3.8) is 0 Å². The molecule has 0 aliphatic carbocycles. The molecule has 1 atom stereocenters. The van der Waals surface area contributed by atoms with Gasteiger partial charge in [0, 0.05) is 37.4 Å². The van der Waals surface area contributed by atoms with Crippen LogP contribution in [0.5, 0.6) is 0 Å². The number of hydrogen-bond donors (Lipinski definition) is 0. The third kappa shape index (κ3) is 2.28. The molecule has 0 N–H and O–H groups in total. The van der Waals surface area contributed by atoms with Crippen molar-refractivity contribution in [1.29, 1.82) is 0 Å². The Kier molecular flexibility index (Phi) is 3.35. The second-order valence-corrected chi connectivity index (χ2v) is 5.04. The van der Waals surface area contributed by atoms with E-state index >= 15 is 0 Å². The van der Waals surface area contributed by atoms with Gasteiger partial charge < -0.3 is 9.30 Å². The number of hydrogen-bond acceptors (Lipinski definition) is 2. The van der Waals surface area contributed by atoms with Crippen molar-refractivity contribution in [2.45, 2.75) is 13.0 Å². The first-order chi connectivity index (χ1) is 8.84. The van der Waals surface area contributed by atoms with Crippen molar-refractivity contribution in [1.82, 2.24) is 9.47 Å². The average molecular weight is 244 g/mol. The molecule has 0 spiro atoms. The minimum atomic E-state index is 0.503. The highest BCUT2D eigenvalue weighted by atomic mass is 16.5. The maximum absolute atomic E-state index is 5.39. The summed E-state index contributed by atoms with van der Waals surface area (Å²) in [6.45, 7) is 7.26. The van der Waals surface area contributed by atoms with Crippen LogP contribution in [-0.4, -0.2) is 42.3 Å². The fourth-order valence-electron chi connectivity index (χ4n) is 2.73. The molecule has 1 fully saturated rings. The molecule has 0 amide bonds. The van der Waals surface area contributed by atoms with Crippen LogP contribution in [0, 0.1) is 0 Å². The number of nitrogens with zero attached hydrogens (tertiary/aromatic N) is 2. The van der Waals surface area contributed by atoms with Gasteiger partial charge in [-0.25, -0.2) is 0 Å². The summed E-state index contributed by atoms with van der Waals surface area (Å²) in [5.41, 5.74) is 1.33. The molecule has 0 bridgehead atoms. The van der Waals surface area contributed by atoms with Crippen LogP contribution in [0.25, 0.3) is 10.9 Å². The van der Waals surface area contributed by atoms with Crippen LogP contribution in [0.4, 0.5) is 0 Å². The summed E-state index contributed by atoms with van der Waals surface area (Å²) >= 11 is 0. The van der Waals surface area contributed by atoms with E-state index in [1.807, 2.05) is 0 Å². The molecule has 3 nitrogen and oxygen atoms in total. The minimum Gasteiger partial charge on any atom is -0.379 e. The fraction of sp³-hybridized carbons (Fsp3) is 0.467. The molecule has 18 heavy (non-hydrogen) atoms. The lowest BCUT2D eigenvalue weighted by Crippen LogP contribution is -2.39. The third-order valence-electron chi connectivity index (χ3n) is 3.73. The van der Waals surface area contributed by atoms with Gasteiger partial charge >= 0.3 is 0 Å². The summed E-state index contributed by atoms with van der Waals surface area (Å²) in [6.07, 6.45) is 2.20. The number of para-hydroxylation sites is 1. The lowest BCUT2D eigenvalue weighted by atomic mass is 10.2. The minimum absolute atomic E-state index is 0.503. The second kappa shape index (κ2) is 5.12. The van der Waals surface area contributed by atoms with Crippen molar-refractivity contribution in [3.8, 4) is 0 Å². The van der Waals surface area contributed by atoms with Crippen LogP contribution in [-0.2, 0) is 4.74 Å². The van der Waals surface area contributed by atoms with Gasteiger partial charge in [-0.3, -0.25) is 4.90 Å². The van der Waals surface area contributed by atoms with E-state index in [4.69, 9.17) is 4.74 Å². The zero-order valence-corrected chi connectivity index (χ0v) is 10.9. The summed E-state index contributed by atoms with van der Waals surface area (Å²) in [6, 6.07) is 11.3. The van der Waals surface area contributed by atoms with E-state index in [1.54, 1.807) is 0 Å². The van der Waals surface area contributed by atoms with Crippen molar-refractivity contribution in [3.05, 3.63) is 36.5 Å². The second-order valence-electron chi connectivity index (χ2n) is 5.04. The zero-order chi connectivity index (χ0) is 12.4. The van der Waals surface area contributed by atoms with Crippen LogP contribution in [0.1, 0.15) is 13.0 Å². The van der Waals surface area contributed by atoms with Crippen LogP contribution in [0.15, 0.2) is 36.5 Å². The Balaban J connectivity index is 1.76. The maximum Gasteiger partial charge on any atom is 0.0594 e. The number of benzene rings is 1.